The van der Waals surface area contributed by atoms with E-state index in [0.717, 1.165) is 34.1 Å². The monoisotopic (exact) mass is 444 g/mol. The van der Waals surface area contributed by atoms with Crippen molar-refractivity contribution in [1.29, 1.82) is 0 Å². The summed E-state index contributed by atoms with van der Waals surface area (Å²) in [5.74, 6) is 1.32. The molecule has 4 nitrogen and oxygen atoms in total. The van der Waals surface area contributed by atoms with Gasteiger partial charge in [-0.3, -0.25) is 4.79 Å². The van der Waals surface area contributed by atoms with Gasteiger partial charge in [0.1, 0.15) is 5.75 Å². The molecule has 0 fully saturated rings. The molecule has 0 spiro atoms. The minimum Gasteiger partial charge on any atom is -0.494 e. The Labute approximate surface area is 193 Å². The van der Waals surface area contributed by atoms with Crippen LogP contribution in [0.1, 0.15) is 46.8 Å². The van der Waals surface area contributed by atoms with Gasteiger partial charge in [0.2, 0.25) is 0 Å². The lowest BCUT2D eigenvalue weighted by atomic mass is 9.76. The highest BCUT2D eigenvalue weighted by Crippen LogP contribution is 2.50. The van der Waals surface area contributed by atoms with E-state index in [1.165, 1.54) is 5.56 Å². The fourth-order valence-electron chi connectivity index (χ4n) is 4.84. The van der Waals surface area contributed by atoms with E-state index in [2.05, 4.69) is 34.9 Å². The van der Waals surface area contributed by atoms with Gasteiger partial charge in [0.05, 0.1) is 23.9 Å². The van der Waals surface area contributed by atoms with Crippen molar-refractivity contribution in [2.75, 3.05) is 17.2 Å². The van der Waals surface area contributed by atoms with Crippen LogP contribution in [0.3, 0.4) is 0 Å². The molecule has 1 aliphatic heterocycles. The van der Waals surface area contributed by atoms with Crippen LogP contribution in [0, 0.1) is 5.92 Å². The number of ether oxygens (including phenoxy) is 1. The quantitative estimate of drug-likeness (QED) is 0.424. The number of allylic oxidation sites excluding steroid dienone is 2. The molecule has 3 atom stereocenters. The number of hydrogen-bond donors (Lipinski definition) is 2. The van der Waals surface area contributed by atoms with E-state index in [0.29, 0.717) is 18.1 Å². The summed E-state index contributed by atoms with van der Waals surface area (Å²) in [5.41, 5.74) is 4.58. The Kier molecular flexibility index (Phi) is 5.62. The molecular formula is C27H25ClN2O2. The van der Waals surface area contributed by atoms with E-state index in [9.17, 15) is 4.79 Å². The number of anilines is 2. The third-order valence-electron chi connectivity index (χ3n) is 6.27. The molecule has 1 amide bonds. The predicted molar refractivity (Wildman–Crippen MR) is 130 cm³/mol. The van der Waals surface area contributed by atoms with E-state index in [4.69, 9.17) is 16.3 Å². The molecule has 5 heteroatoms. The fraction of sp³-hybridized carbons (Fsp3) is 0.222. The highest BCUT2D eigenvalue weighted by atomic mass is 35.5. The summed E-state index contributed by atoms with van der Waals surface area (Å²) >= 11 is 6.29. The van der Waals surface area contributed by atoms with E-state index in [1.807, 2.05) is 61.5 Å². The third-order valence-corrected chi connectivity index (χ3v) is 6.51. The number of para-hydroxylation sites is 1. The summed E-state index contributed by atoms with van der Waals surface area (Å²) in [6, 6.07) is 21.5. The molecule has 2 aliphatic rings. The Morgan fingerprint density at radius 3 is 2.72 bits per heavy atom. The van der Waals surface area contributed by atoms with Gasteiger partial charge in [0.25, 0.3) is 5.91 Å². The van der Waals surface area contributed by atoms with Crippen LogP contribution in [0.5, 0.6) is 5.75 Å². The van der Waals surface area contributed by atoms with Crippen LogP contribution in [-0.4, -0.2) is 12.5 Å². The number of hydrogen-bond acceptors (Lipinski definition) is 3. The SMILES string of the molecule is CCOc1ccc(NC(=O)c2cccc3c2NC(c2cccc(Cl)c2)C2CC=CC32)cc1. The zero-order chi connectivity index (χ0) is 22.1. The van der Waals surface area contributed by atoms with E-state index >= 15 is 0 Å². The Bertz CT molecular complexity index is 1170. The summed E-state index contributed by atoms with van der Waals surface area (Å²) in [7, 11) is 0. The second-order valence-electron chi connectivity index (χ2n) is 8.21. The highest BCUT2D eigenvalue weighted by molar-refractivity contribution is 6.30. The summed E-state index contributed by atoms with van der Waals surface area (Å²) < 4.78 is 5.49. The molecule has 3 aromatic rings. The smallest absolute Gasteiger partial charge is 0.257 e. The first-order valence-electron chi connectivity index (χ1n) is 11.0. The lowest BCUT2D eigenvalue weighted by Crippen LogP contribution is -2.30. The van der Waals surface area contributed by atoms with E-state index < -0.39 is 0 Å². The van der Waals surface area contributed by atoms with Crippen LogP contribution < -0.4 is 15.4 Å². The van der Waals surface area contributed by atoms with Crippen molar-refractivity contribution in [3.63, 3.8) is 0 Å². The highest BCUT2D eigenvalue weighted by Gasteiger charge is 2.39. The Morgan fingerprint density at radius 1 is 1.12 bits per heavy atom. The molecule has 3 aromatic carbocycles. The van der Waals surface area contributed by atoms with Gasteiger partial charge in [-0.15, -0.1) is 0 Å². The number of halogens is 1. The lowest BCUT2D eigenvalue weighted by Gasteiger charge is -2.38. The second-order valence-corrected chi connectivity index (χ2v) is 8.65. The van der Waals surface area contributed by atoms with Crippen molar-refractivity contribution < 1.29 is 9.53 Å². The summed E-state index contributed by atoms with van der Waals surface area (Å²) in [6.07, 6.45) is 5.52. The fourth-order valence-corrected chi connectivity index (χ4v) is 5.04. The normalized spacial score (nSPS) is 20.8. The van der Waals surface area contributed by atoms with Crippen molar-refractivity contribution in [2.45, 2.75) is 25.3 Å². The molecule has 1 aliphatic carbocycles. The first kappa shape index (κ1) is 20.7. The minimum absolute atomic E-state index is 0.0839. The standard InChI is InChI=1S/C27H25ClN2O2/c1-2-32-20-14-12-19(13-15-20)29-27(31)24-11-5-10-23-21-8-4-9-22(21)25(30-26(23)24)17-6-3-7-18(28)16-17/h3-8,10-16,21-22,25,30H,2,9H2,1H3,(H,29,31). The predicted octanol–water partition coefficient (Wildman–Crippen LogP) is 6.82. The lowest BCUT2D eigenvalue weighted by molar-refractivity contribution is 0.102. The number of carbonyl (C=O) groups is 1. The number of carbonyl (C=O) groups excluding carboxylic acids is 1. The largest absolute Gasteiger partial charge is 0.494 e. The average Bonchev–Trinajstić information content (AvgIpc) is 3.30. The van der Waals surface area contributed by atoms with E-state index in [-0.39, 0.29) is 17.9 Å². The second kappa shape index (κ2) is 8.71. The summed E-state index contributed by atoms with van der Waals surface area (Å²) in [6.45, 7) is 2.56. The van der Waals surface area contributed by atoms with Crippen LogP contribution in [0.25, 0.3) is 0 Å². The number of rotatable bonds is 5. The van der Waals surface area contributed by atoms with Gasteiger partial charge < -0.3 is 15.4 Å². The molecule has 32 heavy (non-hydrogen) atoms. The zero-order valence-corrected chi connectivity index (χ0v) is 18.6. The van der Waals surface area contributed by atoms with Gasteiger partial charge in [0, 0.05) is 16.6 Å². The van der Waals surface area contributed by atoms with Crippen LogP contribution in [0.2, 0.25) is 5.02 Å². The maximum atomic E-state index is 13.3. The van der Waals surface area contributed by atoms with Gasteiger partial charge in [-0.1, -0.05) is 48.0 Å². The molecule has 0 saturated heterocycles. The van der Waals surface area contributed by atoms with Crippen molar-refractivity contribution in [1.82, 2.24) is 0 Å². The Balaban J connectivity index is 1.47. The number of benzene rings is 3. The molecule has 162 valence electrons. The van der Waals surface area contributed by atoms with Crippen LogP contribution in [0.4, 0.5) is 11.4 Å². The van der Waals surface area contributed by atoms with Gasteiger partial charge in [-0.2, -0.15) is 0 Å². The molecule has 0 aromatic heterocycles. The zero-order valence-electron chi connectivity index (χ0n) is 17.8. The van der Waals surface area contributed by atoms with Gasteiger partial charge in [-0.25, -0.2) is 0 Å². The molecule has 0 bridgehead atoms. The first-order chi connectivity index (χ1) is 15.6. The topological polar surface area (TPSA) is 50.4 Å². The van der Waals surface area contributed by atoms with Crippen molar-refractivity contribution in [2.24, 2.45) is 5.92 Å². The Morgan fingerprint density at radius 2 is 1.94 bits per heavy atom. The van der Waals surface area contributed by atoms with Gasteiger partial charge in [-0.05, 0) is 72.9 Å². The number of amides is 1. The maximum Gasteiger partial charge on any atom is 0.257 e. The summed E-state index contributed by atoms with van der Waals surface area (Å²) in [4.78, 5) is 13.3. The van der Waals surface area contributed by atoms with Crippen LogP contribution in [-0.2, 0) is 0 Å². The van der Waals surface area contributed by atoms with Gasteiger partial charge in [0.15, 0.2) is 0 Å². The molecule has 0 radical (unpaired) electrons. The first-order valence-corrected chi connectivity index (χ1v) is 11.4. The van der Waals surface area contributed by atoms with Crippen molar-refractivity contribution >= 4 is 28.9 Å². The van der Waals surface area contributed by atoms with E-state index in [1.54, 1.807) is 0 Å². The van der Waals surface area contributed by atoms with Crippen molar-refractivity contribution in [3.05, 3.63) is 101 Å². The molecule has 0 saturated carbocycles. The molecular weight excluding hydrogens is 420 g/mol. The van der Waals surface area contributed by atoms with Crippen LogP contribution >= 0.6 is 11.6 Å². The number of fused-ring (bicyclic) bond motifs is 3. The molecule has 3 unspecified atom stereocenters. The molecule has 5 rings (SSSR count). The Hall–Kier alpha value is -3.24. The average molecular weight is 445 g/mol. The summed E-state index contributed by atoms with van der Waals surface area (Å²) in [5, 5.41) is 7.44. The molecule has 1 heterocycles. The third kappa shape index (κ3) is 3.87. The van der Waals surface area contributed by atoms with Crippen LogP contribution in [0.15, 0.2) is 78.9 Å². The minimum atomic E-state index is -0.135. The molecule has 2 N–H and O–H groups in total. The number of nitrogens with one attached hydrogen (secondary N) is 2. The van der Waals surface area contributed by atoms with Gasteiger partial charge >= 0.3 is 0 Å². The maximum absolute atomic E-state index is 13.3. The van der Waals surface area contributed by atoms with Crippen molar-refractivity contribution in [3.8, 4) is 5.75 Å².